The van der Waals surface area contributed by atoms with E-state index in [4.69, 9.17) is 4.74 Å². The van der Waals surface area contributed by atoms with Crippen LogP contribution in [0.4, 0.5) is 4.39 Å². The van der Waals surface area contributed by atoms with Gasteiger partial charge in [-0.15, -0.1) is 0 Å². The Morgan fingerprint density at radius 2 is 1.82 bits per heavy atom. The molecule has 0 N–H and O–H groups in total. The minimum Gasteiger partial charge on any atom is -0.467 e. The molecule has 150 valence electrons. The second kappa shape index (κ2) is 9.10. The van der Waals surface area contributed by atoms with Gasteiger partial charge in [-0.1, -0.05) is 26.0 Å². The van der Waals surface area contributed by atoms with Crippen LogP contribution in [-0.4, -0.2) is 51.9 Å². The summed E-state index contributed by atoms with van der Waals surface area (Å²) in [5, 5.41) is 0. The Morgan fingerprint density at radius 3 is 2.43 bits per heavy atom. The standard InChI is InChI=1S/C21H27FN4O2/c1-15(2)19-14-25(12-17-10-23-21(28-3)24-11-17)9-8-20(27)26(19)13-16-4-6-18(22)7-5-16/h4-7,10-11,15,19H,8-9,12-14H2,1-3H3/t19-/m1/s1. The number of methoxy groups -OCH3 is 1. The smallest absolute Gasteiger partial charge is 0.316 e. The number of rotatable bonds is 6. The van der Waals surface area contributed by atoms with Crippen LogP contribution in [0.1, 0.15) is 31.4 Å². The molecule has 3 rings (SSSR count). The lowest BCUT2D eigenvalue weighted by molar-refractivity contribution is -0.134. The maximum absolute atomic E-state index is 13.2. The average molecular weight is 386 g/mol. The maximum atomic E-state index is 13.2. The summed E-state index contributed by atoms with van der Waals surface area (Å²) < 4.78 is 18.2. The van der Waals surface area contributed by atoms with Gasteiger partial charge in [0.05, 0.1) is 7.11 Å². The summed E-state index contributed by atoms with van der Waals surface area (Å²) in [6.45, 7) is 6.92. The largest absolute Gasteiger partial charge is 0.467 e. The molecule has 2 heterocycles. The Labute approximate surface area is 165 Å². The number of hydrogen-bond donors (Lipinski definition) is 0. The van der Waals surface area contributed by atoms with Crippen LogP contribution in [-0.2, 0) is 17.9 Å². The molecule has 1 aliphatic rings. The molecule has 1 aromatic carbocycles. The number of benzene rings is 1. The lowest BCUT2D eigenvalue weighted by Crippen LogP contribution is -2.45. The Bertz CT molecular complexity index is 780. The number of carbonyl (C=O) groups is 1. The monoisotopic (exact) mass is 386 g/mol. The highest BCUT2D eigenvalue weighted by atomic mass is 19.1. The van der Waals surface area contributed by atoms with Gasteiger partial charge in [0.1, 0.15) is 5.82 Å². The van der Waals surface area contributed by atoms with E-state index in [9.17, 15) is 9.18 Å². The van der Waals surface area contributed by atoms with E-state index in [1.54, 1.807) is 31.6 Å². The lowest BCUT2D eigenvalue weighted by Gasteiger charge is -2.35. The highest BCUT2D eigenvalue weighted by molar-refractivity contribution is 5.77. The third-order valence-corrected chi connectivity index (χ3v) is 5.11. The molecule has 6 nitrogen and oxygen atoms in total. The van der Waals surface area contributed by atoms with E-state index in [1.165, 1.54) is 12.1 Å². The number of amides is 1. The van der Waals surface area contributed by atoms with E-state index in [-0.39, 0.29) is 17.8 Å². The Morgan fingerprint density at radius 1 is 1.14 bits per heavy atom. The molecule has 1 aromatic heterocycles. The fraction of sp³-hybridized carbons (Fsp3) is 0.476. The minimum absolute atomic E-state index is 0.0826. The number of ether oxygens (including phenoxy) is 1. The SMILES string of the molecule is COc1ncc(CN2CCC(=O)N(Cc3ccc(F)cc3)[C@@H](C(C)C)C2)cn1. The van der Waals surface area contributed by atoms with E-state index >= 15 is 0 Å². The first-order chi connectivity index (χ1) is 13.5. The molecule has 0 saturated carbocycles. The minimum atomic E-state index is -0.265. The molecule has 1 atom stereocenters. The van der Waals surface area contributed by atoms with E-state index in [2.05, 4.69) is 28.7 Å². The van der Waals surface area contributed by atoms with Gasteiger partial charge in [-0.05, 0) is 23.6 Å². The van der Waals surface area contributed by atoms with Gasteiger partial charge in [0.15, 0.2) is 0 Å². The van der Waals surface area contributed by atoms with Crippen molar-refractivity contribution in [1.29, 1.82) is 0 Å². The van der Waals surface area contributed by atoms with Crippen LogP contribution >= 0.6 is 0 Å². The number of hydrogen-bond acceptors (Lipinski definition) is 5. The van der Waals surface area contributed by atoms with Crippen LogP contribution in [0.3, 0.4) is 0 Å². The first-order valence-electron chi connectivity index (χ1n) is 9.57. The Hall–Kier alpha value is -2.54. The highest BCUT2D eigenvalue weighted by Gasteiger charge is 2.31. The van der Waals surface area contributed by atoms with Gasteiger partial charge in [0, 0.05) is 56.6 Å². The van der Waals surface area contributed by atoms with Crippen molar-refractivity contribution >= 4 is 5.91 Å². The molecule has 1 aliphatic heterocycles. The zero-order valence-electron chi connectivity index (χ0n) is 16.6. The van der Waals surface area contributed by atoms with E-state index in [0.717, 1.165) is 17.7 Å². The molecular weight excluding hydrogens is 359 g/mol. The zero-order chi connectivity index (χ0) is 20.1. The first kappa shape index (κ1) is 20.2. The van der Waals surface area contributed by atoms with Gasteiger partial charge in [-0.25, -0.2) is 14.4 Å². The second-order valence-electron chi connectivity index (χ2n) is 7.52. The molecular formula is C21H27FN4O2. The van der Waals surface area contributed by atoms with Crippen molar-refractivity contribution in [2.45, 2.75) is 39.4 Å². The predicted molar refractivity (Wildman–Crippen MR) is 104 cm³/mol. The quantitative estimate of drug-likeness (QED) is 0.764. The van der Waals surface area contributed by atoms with E-state index < -0.39 is 0 Å². The fourth-order valence-electron chi connectivity index (χ4n) is 3.53. The molecule has 7 heteroatoms. The van der Waals surface area contributed by atoms with Crippen molar-refractivity contribution < 1.29 is 13.9 Å². The number of nitrogens with zero attached hydrogens (tertiary/aromatic N) is 4. The maximum Gasteiger partial charge on any atom is 0.316 e. The van der Waals surface area contributed by atoms with Crippen molar-refractivity contribution in [2.75, 3.05) is 20.2 Å². The third-order valence-electron chi connectivity index (χ3n) is 5.11. The molecule has 1 saturated heterocycles. The molecule has 28 heavy (non-hydrogen) atoms. The number of aromatic nitrogens is 2. The molecule has 1 fully saturated rings. The van der Waals surface area contributed by atoms with Gasteiger partial charge in [0.2, 0.25) is 5.91 Å². The third kappa shape index (κ3) is 5.04. The zero-order valence-corrected chi connectivity index (χ0v) is 16.6. The summed E-state index contributed by atoms with van der Waals surface area (Å²) in [5.41, 5.74) is 1.93. The first-order valence-corrected chi connectivity index (χ1v) is 9.57. The van der Waals surface area contributed by atoms with Crippen molar-refractivity contribution in [1.82, 2.24) is 19.8 Å². The summed E-state index contributed by atoms with van der Waals surface area (Å²) in [4.78, 5) is 25.4. The highest BCUT2D eigenvalue weighted by Crippen LogP contribution is 2.22. The predicted octanol–water partition coefficient (Wildman–Crippen LogP) is 2.88. The van der Waals surface area contributed by atoms with Gasteiger partial charge in [-0.3, -0.25) is 9.69 Å². The number of carbonyl (C=O) groups excluding carboxylic acids is 1. The molecule has 0 bridgehead atoms. The lowest BCUT2D eigenvalue weighted by atomic mass is 10.0. The fourth-order valence-corrected chi connectivity index (χ4v) is 3.53. The summed E-state index contributed by atoms with van der Waals surface area (Å²) in [7, 11) is 1.54. The van der Waals surface area contributed by atoms with Crippen LogP contribution in [0, 0.1) is 11.7 Å². The van der Waals surface area contributed by atoms with Crippen LogP contribution in [0.25, 0.3) is 0 Å². The normalized spacial score (nSPS) is 18.4. The summed E-state index contributed by atoms with van der Waals surface area (Å²) in [6, 6.07) is 6.81. The number of halogens is 1. The molecule has 0 unspecified atom stereocenters. The topological polar surface area (TPSA) is 58.6 Å². The van der Waals surface area contributed by atoms with Crippen LogP contribution in [0.15, 0.2) is 36.7 Å². The van der Waals surface area contributed by atoms with Crippen molar-refractivity contribution in [3.8, 4) is 6.01 Å². The van der Waals surface area contributed by atoms with Gasteiger partial charge < -0.3 is 9.64 Å². The van der Waals surface area contributed by atoms with Gasteiger partial charge in [0.25, 0.3) is 0 Å². The summed E-state index contributed by atoms with van der Waals surface area (Å²) >= 11 is 0. The molecule has 1 amide bonds. The summed E-state index contributed by atoms with van der Waals surface area (Å²) in [5.74, 6) is 0.174. The Kier molecular flexibility index (Phi) is 6.57. The van der Waals surface area contributed by atoms with Gasteiger partial charge >= 0.3 is 6.01 Å². The summed E-state index contributed by atoms with van der Waals surface area (Å²) in [6.07, 6.45) is 3.99. The Balaban J connectivity index is 1.74. The molecule has 2 aromatic rings. The van der Waals surface area contributed by atoms with Crippen LogP contribution < -0.4 is 4.74 Å². The van der Waals surface area contributed by atoms with Gasteiger partial charge in [-0.2, -0.15) is 0 Å². The van der Waals surface area contributed by atoms with E-state index in [1.807, 2.05) is 4.90 Å². The van der Waals surface area contributed by atoms with Crippen molar-refractivity contribution in [3.05, 3.63) is 53.6 Å². The van der Waals surface area contributed by atoms with Crippen LogP contribution in [0.5, 0.6) is 6.01 Å². The van der Waals surface area contributed by atoms with Crippen molar-refractivity contribution in [3.63, 3.8) is 0 Å². The van der Waals surface area contributed by atoms with Crippen LogP contribution in [0.2, 0.25) is 0 Å². The molecule has 0 spiro atoms. The molecule has 0 aliphatic carbocycles. The average Bonchev–Trinajstić information content (AvgIpc) is 2.84. The molecule has 0 radical (unpaired) electrons. The van der Waals surface area contributed by atoms with Crippen molar-refractivity contribution in [2.24, 2.45) is 5.92 Å². The second-order valence-corrected chi connectivity index (χ2v) is 7.52. The van der Waals surface area contributed by atoms with E-state index in [0.29, 0.717) is 38.0 Å².